The second-order valence-corrected chi connectivity index (χ2v) is 8.30. The molecule has 0 spiro atoms. The number of hydrogen-bond acceptors (Lipinski definition) is 5. The maximum Gasteiger partial charge on any atom is 0.222 e. The molecule has 2 fully saturated rings. The van der Waals surface area contributed by atoms with Crippen LogP contribution >= 0.6 is 24.2 Å². The molecule has 0 aromatic heterocycles. The van der Waals surface area contributed by atoms with Crippen molar-refractivity contribution >= 4 is 30.1 Å². The lowest BCUT2D eigenvalue weighted by Crippen LogP contribution is -2.41. The van der Waals surface area contributed by atoms with Crippen molar-refractivity contribution in [2.45, 2.75) is 57.2 Å². The minimum absolute atomic E-state index is 0. The molecule has 1 aromatic rings. The maximum atomic E-state index is 12.3. The summed E-state index contributed by atoms with van der Waals surface area (Å²) in [6.07, 6.45) is 5.53. The van der Waals surface area contributed by atoms with Gasteiger partial charge in [0.25, 0.3) is 0 Å². The quantitative estimate of drug-likeness (QED) is 0.712. The summed E-state index contributed by atoms with van der Waals surface area (Å²) in [6.45, 7) is 2.99. The number of carbonyl (C=O) groups is 1. The Hall–Kier alpha value is -1.11. The third kappa shape index (κ3) is 6.47. The van der Waals surface area contributed by atoms with Gasteiger partial charge in [0.1, 0.15) is 0 Å². The molecule has 1 saturated carbocycles. The van der Waals surface area contributed by atoms with Crippen molar-refractivity contribution < 1.29 is 14.3 Å². The summed E-state index contributed by atoms with van der Waals surface area (Å²) >= 11 is 1.91. The molecule has 1 saturated heterocycles. The van der Waals surface area contributed by atoms with E-state index in [0.29, 0.717) is 12.5 Å². The van der Waals surface area contributed by atoms with Crippen molar-refractivity contribution in [2.75, 3.05) is 25.2 Å². The molecule has 1 amide bonds. The molecule has 1 aliphatic carbocycles. The molecular formula is C20H31ClN2O3S. The van der Waals surface area contributed by atoms with Gasteiger partial charge in [-0.15, -0.1) is 12.4 Å². The number of amides is 1. The molecule has 0 bridgehead atoms. The van der Waals surface area contributed by atoms with Crippen LogP contribution in [-0.2, 0) is 4.79 Å². The first-order valence-corrected chi connectivity index (χ1v) is 10.8. The van der Waals surface area contributed by atoms with E-state index in [1.165, 1.54) is 12.8 Å². The SMILES string of the molecule is COc1cc(C(C)NC(=O)CC2CSCCN2)ccc1OC1CCCC1.Cl. The highest BCUT2D eigenvalue weighted by molar-refractivity contribution is 7.99. The first-order valence-electron chi connectivity index (χ1n) is 9.61. The van der Waals surface area contributed by atoms with Crippen LogP contribution < -0.4 is 20.1 Å². The smallest absolute Gasteiger partial charge is 0.222 e. The molecule has 1 heterocycles. The summed E-state index contributed by atoms with van der Waals surface area (Å²) in [7, 11) is 1.66. The monoisotopic (exact) mass is 414 g/mol. The van der Waals surface area contributed by atoms with E-state index in [0.717, 1.165) is 48.0 Å². The third-order valence-electron chi connectivity index (χ3n) is 5.09. The van der Waals surface area contributed by atoms with Gasteiger partial charge in [-0.3, -0.25) is 4.79 Å². The van der Waals surface area contributed by atoms with Gasteiger partial charge in [0.05, 0.1) is 19.3 Å². The number of nitrogens with one attached hydrogen (secondary N) is 2. The van der Waals surface area contributed by atoms with Gasteiger partial charge < -0.3 is 20.1 Å². The van der Waals surface area contributed by atoms with Crippen molar-refractivity contribution in [3.8, 4) is 11.5 Å². The lowest BCUT2D eigenvalue weighted by atomic mass is 10.1. The van der Waals surface area contributed by atoms with Gasteiger partial charge in [-0.1, -0.05) is 6.07 Å². The molecule has 152 valence electrons. The van der Waals surface area contributed by atoms with Crippen LogP contribution in [0, 0.1) is 0 Å². The maximum absolute atomic E-state index is 12.3. The molecule has 1 aromatic carbocycles. The minimum atomic E-state index is -0.0619. The highest BCUT2D eigenvalue weighted by Gasteiger charge is 2.21. The molecule has 3 rings (SSSR count). The van der Waals surface area contributed by atoms with Crippen LogP contribution in [0.1, 0.15) is 50.6 Å². The minimum Gasteiger partial charge on any atom is -0.493 e. The van der Waals surface area contributed by atoms with Gasteiger partial charge in [-0.2, -0.15) is 11.8 Å². The Balaban J connectivity index is 0.00000261. The molecular weight excluding hydrogens is 384 g/mol. The average Bonchev–Trinajstić information content (AvgIpc) is 3.15. The van der Waals surface area contributed by atoms with Crippen LogP contribution in [0.4, 0.5) is 0 Å². The fourth-order valence-electron chi connectivity index (χ4n) is 3.60. The van der Waals surface area contributed by atoms with Crippen LogP contribution in [0.15, 0.2) is 18.2 Å². The molecule has 0 radical (unpaired) electrons. The number of methoxy groups -OCH3 is 1. The molecule has 2 unspecified atom stereocenters. The molecule has 7 heteroatoms. The van der Waals surface area contributed by atoms with E-state index in [-0.39, 0.29) is 30.4 Å². The van der Waals surface area contributed by atoms with E-state index in [9.17, 15) is 4.79 Å². The van der Waals surface area contributed by atoms with Gasteiger partial charge in [0.15, 0.2) is 11.5 Å². The lowest BCUT2D eigenvalue weighted by Gasteiger charge is -2.24. The predicted octanol–water partition coefficient (Wildman–Crippen LogP) is 3.71. The van der Waals surface area contributed by atoms with Gasteiger partial charge in [0.2, 0.25) is 5.91 Å². The van der Waals surface area contributed by atoms with Crippen LogP contribution in [0.2, 0.25) is 0 Å². The number of ether oxygens (including phenoxy) is 2. The Morgan fingerprint density at radius 2 is 2.11 bits per heavy atom. The Kier molecular flexibility index (Phi) is 9.06. The molecule has 2 aliphatic rings. The normalized spacial score (nSPS) is 21.2. The van der Waals surface area contributed by atoms with E-state index in [4.69, 9.17) is 9.47 Å². The van der Waals surface area contributed by atoms with Gasteiger partial charge >= 0.3 is 0 Å². The van der Waals surface area contributed by atoms with Crippen LogP contribution in [0.5, 0.6) is 11.5 Å². The highest BCUT2D eigenvalue weighted by Crippen LogP contribution is 2.33. The molecule has 2 atom stereocenters. The predicted molar refractivity (Wildman–Crippen MR) is 113 cm³/mol. The molecule has 1 aliphatic heterocycles. The summed E-state index contributed by atoms with van der Waals surface area (Å²) in [6, 6.07) is 6.18. The third-order valence-corrected chi connectivity index (χ3v) is 6.22. The van der Waals surface area contributed by atoms with Crippen molar-refractivity contribution in [1.29, 1.82) is 0 Å². The first kappa shape index (κ1) is 22.2. The van der Waals surface area contributed by atoms with Crippen LogP contribution in [0.3, 0.4) is 0 Å². The highest BCUT2D eigenvalue weighted by atomic mass is 35.5. The fraction of sp³-hybridized carbons (Fsp3) is 0.650. The Morgan fingerprint density at radius 1 is 1.33 bits per heavy atom. The second-order valence-electron chi connectivity index (χ2n) is 7.15. The fourth-order valence-corrected chi connectivity index (χ4v) is 4.54. The largest absolute Gasteiger partial charge is 0.493 e. The van der Waals surface area contributed by atoms with E-state index in [1.807, 2.05) is 36.9 Å². The Morgan fingerprint density at radius 3 is 2.78 bits per heavy atom. The Labute approximate surface area is 172 Å². The summed E-state index contributed by atoms with van der Waals surface area (Å²) < 4.78 is 11.6. The van der Waals surface area contributed by atoms with Crippen molar-refractivity contribution in [3.63, 3.8) is 0 Å². The lowest BCUT2D eigenvalue weighted by molar-refractivity contribution is -0.122. The Bertz CT molecular complexity index is 605. The number of rotatable bonds is 7. The summed E-state index contributed by atoms with van der Waals surface area (Å²) in [5.74, 6) is 3.75. The molecule has 27 heavy (non-hydrogen) atoms. The topological polar surface area (TPSA) is 59.6 Å². The zero-order valence-corrected chi connectivity index (χ0v) is 17.8. The second kappa shape index (κ2) is 11.0. The van der Waals surface area contributed by atoms with Crippen LogP contribution in [-0.4, -0.2) is 43.2 Å². The number of benzene rings is 1. The van der Waals surface area contributed by atoms with E-state index < -0.39 is 0 Å². The summed E-state index contributed by atoms with van der Waals surface area (Å²) in [5, 5.41) is 6.51. The van der Waals surface area contributed by atoms with E-state index >= 15 is 0 Å². The number of hydrogen-bond donors (Lipinski definition) is 2. The van der Waals surface area contributed by atoms with Gasteiger partial charge in [0, 0.05) is 30.5 Å². The zero-order valence-electron chi connectivity index (χ0n) is 16.2. The molecule has 2 N–H and O–H groups in total. The van der Waals surface area contributed by atoms with E-state index in [2.05, 4.69) is 10.6 Å². The van der Waals surface area contributed by atoms with Crippen molar-refractivity contribution in [1.82, 2.24) is 10.6 Å². The first-order chi connectivity index (χ1) is 12.7. The summed E-state index contributed by atoms with van der Waals surface area (Å²) in [5.41, 5.74) is 1.03. The number of thioether (sulfide) groups is 1. The number of halogens is 1. The van der Waals surface area contributed by atoms with Gasteiger partial charge in [-0.05, 0) is 50.3 Å². The number of carbonyl (C=O) groups excluding carboxylic acids is 1. The van der Waals surface area contributed by atoms with Crippen molar-refractivity contribution in [3.05, 3.63) is 23.8 Å². The molecule has 5 nitrogen and oxygen atoms in total. The van der Waals surface area contributed by atoms with Crippen LogP contribution in [0.25, 0.3) is 0 Å². The zero-order chi connectivity index (χ0) is 18.4. The van der Waals surface area contributed by atoms with E-state index in [1.54, 1.807) is 7.11 Å². The average molecular weight is 415 g/mol. The summed E-state index contributed by atoms with van der Waals surface area (Å²) in [4.78, 5) is 12.3. The van der Waals surface area contributed by atoms with Gasteiger partial charge in [-0.25, -0.2) is 0 Å². The standard InChI is InChI=1S/C20H30N2O3S.ClH/c1-14(22-20(23)12-16-13-26-10-9-21-16)15-7-8-18(19(11-15)24-2)25-17-5-3-4-6-17;/h7-8,11,14,16-17,21H,3-6,9-10,12-13H2,1-2H3,(H,22,23);1H. The van der Waals surface area contributed by atoms with Crippen molar-refractivity contribution in [2.24, 2.45) is 0 Å².